The predicted molar refractivity (Wildman–Crippen MR) is 104 cm³/mol. The van der Waals surface area contributed by atoms with Gasteiger partial charge in [0.05, 0.1) is 6.54 Å². The highest BCUT2D eigenvalue weighted by Gasteiger charge is 2.07. The van der Waals surface area contributed by atoms with Crippen molar-refractivity contribution in [3.63, 3.8) is 0 Å². The first-order valence-corrected chi connectivity index (χ1v) is 8.87. The minimum atomic E-state index is -1.82. The molecule has 0 fully saturated rings. The Morgan fingerprint density at radius 1 is 1.07 bits per heavy atom. The molecule has 4 N–H and O–H groups in total. The molecule has 1 atom stereocenters. The van der Waals surface area contributed by atoms with Crippen LogP contribution < -0.4 is 10.6 Å². The molecule has 0 aliphatic heterocycles. The van der Waals surface area contributed by atoms with Crippen LogP contribution in [0, 0.1) is 0 Å². The summed E-state index contributed by atoms with van der Waals surface area (Å²) in [7, 11) is 4.11. The summed E-state index contributed by atoms with van der Waals surface area (Å²) in [6, 6.07) is 10.6. The molecule has 1 aromatic carbocycles. The quantitative estimate of drug-likeness (QED) is 0.350. The Morgan fingerprint density at radius 2 is 1.67 bits per heavy atom. The van der Waals surface area contributed by atoms with Gasteiger partial charge in [0, 0.05) is 6.04 Å². The van der Waals surface area contributed by atoms with E-state index in [0.29, 0.717) is 6.54 Å². The molecule has 1 rings (SSSR count). The van der Waals surface area contributed by atoms with Crippen LogP contribution in [0.15, 0.2) is 30.3 Å². The smallest absolute Gasteiger partial charge is 0.414 e. The maximum Gasteiger partial charge on any atom is 0.414 e. The third kappa shape index (κ3) is 15.5. The average Bonchev–Trinajstić information content (AvgIpc) is 2.60. The molecule has 8 nitrogen and oxygen atoms in total. The fraction of sp³-hybridized carbons (Fsp3) is 0.526. The van der Waals surface area contributed by atoms with Gasteiger partial charge in [-0.25, -0.2) is 9.59 Å². The third-order valence-corrected chi connectivity index (χ3v) is 3.54. The van der Waals surface area contributed by atoms with Crippen LogP contribution in [0.5, 0.6) is 0 Å². The zero-order valence-corrected chi connectivity index (χ0v) is 16.3. The fourth-order valence-corrected chi connectivity index (χ4v) is 2.15. The Bertz CT molecular complexity index is 552. The van der Waals surface area contributed by atoms with E-state index in [-0.39, 0.29) is 11.9 Å². The highest BCUT2D eigenvalue weighted by atomic mass is 16.4. The maximum absolute atomic E-state index is 11.8. The van der Waals surface area contributed by atoms with E-state index in [0.717, 1.165) is 32.4 Å². The number of aryl methyl sites for hydroxylation is 1. The van der Waals surface area contributed by atoms with Crippen molar-refractivity contribution in [3.05, 3.63) is 35.9 Å². The van der Waals surface area contributed by atoms with Crippen molar-refractivity contribution in [1.82, 2.24) is 15.5 Å². The van der Waals surface area contributed by atoms with Crippen LogP contribution in [0.4, 0.5) is 0 Å². The van der Waals surface area contributed by atoms with Crippen molar-refractivity contribution < 1.29 is 24.6 Å². The Balaban J connectivity index is 0.000000972. The molecule has 0 radical (unpaired) electrons. The molecule has 0 aromatic heterocycles. The second-order valence-electron chi connectivity index (χ2n) is 6.44. The molecule has 0 bridgehead atoms. The Morgan fingerprint density at radius 3 is 2.19 bits per heavy atom. The van der Waals surface area contributed by atoms with E-state index in [9.17, 15) is 4.79 Å². The van der Waals surface area contributed by atoms with Crippen LogP contribution in [-0.2, 0) is 20.8 Å². The lowest BCUT2D eigenvalue weighted by Gasteiger charge is -2.14. The number of amides is 1. The Hall–Kier alpha value is -2.45. The van der Waals surface area contributed by atoms with Crippen LogP contribution >= 0.6 is 0 Å². The van der Waals surface area contributed by atoms with Crippen molar-refractivity contribution in [2.24, 2.45) is 0 Å². The van der Waals surface area contributed by atoms with Gasteiger partial charge < -0.3 is 25.7 Å². The minimum Gasteiger partial charge on any atom is -0.473 e. The minimum absolute atomic E-state index is 0.0837. The number of nitrogens with zero attached hydrogens (tertiary/aromatic N) is 1. The van der Waals surface area contributed by atoms with Gasteiger partial charge in [0.2, 0.25) is 5.91 Å². The molecular formula is C19H31N3O5. The largest absolute Gasteiger partial charge is 0.473 e. The van der Waals surface area contributed by atoms with Crippen LogP contribution in [0.2, 0.25) is 0 Å². The summed E-state index contributed by atoms with van der Waals surface area (Å²) < 4.78 is 0. The normalized spacial score (nSPS) is 11.3. The van der Waals surface area contributed by atoms with Crippen molar-refractivity contribution in [1.29, 1.82) is 0 Å². The lowest BCUT2D eigenvalue weighted by molar-refractivity contribution is -0.159. The number of carboxylic acids is 2. The van der Waals surface area contributed by atoms with Crippen LogP contribution in [0.1, 0.15) is 25.3 Å². The molecule has 1 unspecified atom stereocenters. The first kappa shape index (κ1) is 24.6. The predicted octanol–water partition coefficient (Wildman–Crippen LogP) is 0.821. The average molecular weight is 381 g/mol. The van der Waals surface area contributed by atoms with E-state index in [1.165, 1.54) is 5.56 Å². The van der Waals surface area contributed by atoms with E-state index in [2.05, 4.69) is 60.8 Å². The van der Waals surface area contributed by atoms with Gasteiger partial charge in [-0.3, -0.25) is 4.79 Å². The summed E-state index contributed by atoms with van der Waals surface area (Å²) in [5.74, 6) is -3.56. The van der Waals surface area contributed by atoms with E-state index < -0.39 is 11.9 Å². The van der Waals surface area contributed by atoms with E-state index in [1.54, 1.807) is 0 Å². The third-order valence-electron chi connectivity index (χ3n) is 3.54. The number of benzene rings is 1. The van der Waals surface area contributed by atoms with Gasteiger partial charge in [0.25, 0.3) is 0 Å². The Labute approximate surface area is 160 Å². The maximum atomic E-state index is 11.8. The molecule has 0 aliphatic rings. The zero-order valence-electron chi connectivity index (χ0n) is 16.3. The van der Waals surface area contributed by atoms with E-state index >= 15 is 0 Å². The molecule has 8 heteroatoms. The number of aliphatic carboxylic acids is 2. The first-order valence-electron chi connectivity index (χ1n) is 8.87. The monoisotopic (exact) mass is 381 g/mol. The second-order valence-corrected chi connectivity index (χ2v) is 6.44. The lowest BCUT2D eigenvalue weighted by atomic mass is 10.1. The lowest BCUT2D eigenvalue weighted by Crippen LogP contribution is -2.39. The number of hydrogen-bond donors (Lipinski definition) is 4. The summed E-state index contributed by atoms with van der Waals surface area (Å²) >= 11 is 0. The summed E-state index contributed by atoms with van der Waals surface area (Å²) in [4.78, 5) is 32.1. The number of carbonyl (C=O) groups is 3. The van der Waals surface area contributed by atoms with Gasteiger partial charge in [-0.2, -0.15) is 0 Å². The van der Waals surface area contributed by atoms with Crippen molar-refractivity contribution in [2.45, 2.75) is 32.2 Å². The molecule has 0 aliphatic carbocycles. The van der Waals surface area contributed by atoms with E-state index in [1.807, 2.05) is 6.07 Å². The molecule has 0 heterocycles. The van der Waals surface area contributed by atoms with E-state index in [4.69, 9.17) is 19.8 Å². The first-order chi connectivity index (χ1) is 12.7. The molecular weight excluding hydrogens is 350 g/mol. The molecule has 1 amide bonds. The molecule has 0 saturated heterocycles. The molecule has 0 saturated carbocycles. The van der Waals surface area contributed by atoms with Crippen LogP contribution in [0.3, 0.4) is 0 Å². The van der Waals surface area contributed by atoms with Gasteiger partial charge in [-0.05, 0) is 58.9 Å². The van der Waals surface area contributed by atoms with Crippen molar-refractivity contribution >= 4 is 17.8 Å². The van der Waals surface area contributed by atoms with Gasteiger partial charge in [0.15, 0.2) is 0 Å². The fourth-order valence-electron chi connectivity index (χ4n) is 2.15. The number of carbonyl (C=O) groups excluding carboxylic acids is 1. The second kappa shape index (κ2) is 14.7. The highest BCUT2D eigenvalue weighted by molar-refractivity contribution is 6.27. The summed E-state index contributed by atoms with van der Waals surface area (Å²) in [6.07, 6.45) is 3.03. The number of carboxylic acid groups (broad SMARTS) is 2. The SMILES string of the molecule is CC(CCc1ccccc1)NC(=O)CNCCCN(C)C.O=C(O)C(=O)O. The number of hydrogen-bond acceptors (Lipinski definition) is 5. The molecule has 152 valence electrons. The van der Waals surface area contributed by atoms with Gasteiger partial charge in [-0.1, -0.05) is 30.3 Å². The number of nitrogens with one attached hydrogen (secondary N) is 2. The van der Waals surface area contributed by atoms with Crippen LogP contribution in [-0.4, -0.2) is 72.7 Å². The zero-order chi connectivity index (χ0) is 20.7. The summed E-state index contributed by atoms with van der Waals surface area (Å²) in [6.45, 7) is 4.39. The van der Waals surface area contributed by atoms with Crippen molar-refractivity contribution in [2.75, 3.05) is 33.7 Å². The van der Waals surface area contributed by atoms with Crippen LogP contribution in [0.25, 0.3) is 0 Å². The Kier molecular flexibility index (Phi) is 13.4. The molecule has 27 heavy (non-hydrogen) atoms. The topological polar surface area (TPSA) is 119 Å². The summed E-state index contributed by atoms with van der Waals surface area (Å²) in [5.41, 5.74) is 1.32. The molecule has 1 aromatic rings. The van der Waals surface area contributed by atoms with Crippen molar-refractivity contribution in [3.8, 4) is 0 Å². The summed E-state index contributed by atoms with van der Waals surface area (Å²) in [5, 5.41) is 21.0. The van der Waals surface area contributed by atoms with Gasteiger partial charge in [-0.15, -0.1) is 0 Å². The highest BCUT2D eigenvalue weighted by Crippen LogP contribution is 2.04. The number of rotatable bonds is 10. The standard InChI is InChI=1S/C17H29N3O.C2H2O4/c1-15(10-11-16-8-5-4-6-9-16)19-17(21)14-18-12-7-13-20(2)3;3-1(4)2(5)6/h4-6,8-9,15,18H,7,10-14H2,1-3H3,(H,19,21);(H,3,4)(H,5,6). The van der Waals surface area contributed by atoms with Gasteiger partial charge in [0.1, 0.15) is 0 Å². The molecule has 0 spiro atoms. The van der Waals surface area contributed by atoms with Gasteiger partial charge >= 0.3 is 11.9 Å².